The van der Waals surface area contributed by atoms with E-state index in [-0.39, 0.29) is 11.8 Å². The zero-order valence-corrected chi connectivity index (χ0v) is 9.25. The van der Waals surface area contributed by atoms with Gasteiger partial charge in [0.2, 0.25) is 11.0 Å². The van der Waals surface area contributed by atoms with Crippen molar-refractivity contribution in [2.24, 2.45) is 5.92 Å². The Hall–Kier alpha value is -1.08. The van der Waals surface area contributed by atoms with E-state index in [0.717, 1.165) is 30.9 Å². The lowest BCUT2D eigenvalue weighted by Gasteiger charge is -2.26. The molecule has 1 aromatic heterocycles. The fourth-order valence-corrected chi connectivity index (χ4v) is 2.13. The molecule has 0 bridgehead atoms. The minimum Gasteiger partial charge on any atom is -0.314 e. The number of rotatable bonds is 2. The minimum absolute atomic E-state index is 0.0295. The molecule has 2 atom stereocenters. The summed E-state index contributed by atoms with van der Waals surface area (Å²) in [6.45, 7) is 2.99. The van der Waals surface area contributed by atoms with Crippen LogP contribution in [0.5, 0.6) is 0 Å². The van der Waals surface area contributed by atoms with Crippen LogP contribution in [0.15, 0.2) is 0 Å². The Morgan fingerprint density at radius 1 is 1.67 bits per heavy atom. The number of carbonyl (C=O) groups is 1. The number of aromatic nitrogens is 3. The Morgan fingerprint density at radius 2 is 2.53 bits per heavy atom. The minimum atomic E-state index is 0.0295. The van der Waals surface area contributed by atoms with Gasteiger partial charge in [-0.05, 0) is 31.5 Å². The number of nitrogens with zero attached hydrogens (tertiary/aromatic N) is 3. The van der Waals surface area contributed by atoms with Crippen molar-refractivity contribution in [2.75, 3.05) is 11.9 Å². The Morgan fingerprint density at radius 3 is 3.20 bits per heavy atom. The van der Waals surface area contributed by atoms with Gasteiger partial charge in [0.25, 0.3) is 0 Å². The van der Waals surface area contributed by atoms with Crippen molar-refractivity contribution >= 4 is 22.6 Å². The van der Waals surface area contributed by atoms with Gasteiger partial charge in [0, 0.05) is 23.5 Å². The van der Waals surface area contributed by atoms with E-state index < -0.39 is 0 Å². The molecule has 1 saturated heterocycles. The fourth-order valence-electron chi connectivity index (χ4n) is 1.76. The molecule has 2 heterocycles. The summed E-state index contributed by atoms with van der Waals surface area (Å²) in [5, 5.41) is 13.6. The van der Waals surface area contributed by atoms with E-state index in [1.54, 1.807) is 0 Å². The molecule has 2 N–H and O–H groups in total. The summed E-state index contributed by atoms with van der Waals surface area (Å²) >= 11 is 1.10. The second kappa shape index (κ2) is 4.63. The molecule has 1 aliphatic rings. The Kier molecular flexibility index (Phi) is 3.22. The molecule has 1 fully saturated rings. The molecule has 0 radical (unpaired) electrons. The normalized spacial score (nSPS) is 26.2. The zero-order chi connectivity index (χ0) is 10.7. The summed E-state index contributed by atoms with van der Waals surface area (Å²) in [6, 6.07) is 0.405. The first-order valence-corrected chi connectivity index (χ1v) is 5.72. The molecule has 15 heavy (non-hydrogen) atoms. The number of amides is 1. The first-order valence-electron chi connectivity index (χ1n) is 4.95. The highest BCUT2D eigenvalue weighted by Crippen LogP contribution is 2.18. The van der Waals surface area contributed by atoms with Crippen LogP contribution in [0.2, 0.25) is 0 Å². The van der Waals surface area contributed by atoms with Crippen molar-refractivity contribution in [1.29, 1.82) is 0 Å². The lowest BCUT2D eigenvalue weighted by Crippen LogP contribution is -2.40. The molecule has 0 spiro atoms. The topological polar surface area (TPSA) is 79.8 Å². The van der Waals surface area contributed by atoms with Gasteiger partial charge < -0.3 is 5.32 Å². The number of nitrogens with one attached hydrogen (secondary N) is 2. The fraction of sp³-hybridized carbons (Fsp3) is 0.750. The Bertz CT molecular complexity index is 328. The monoisotopic (exact) mass is 227 g/mol. The van der Waals surface area contributed by atoms with Gasteiger partial charge in [-0.25, -0.2) is 0 Å². The molecular weight excluding hydrogens is 214 g/mol. The Balaban J connectivity index is 1.90. The number of anilines is 1. The third-order valence-electron chi connectivity index (χ3n) is 2.52. The second-order valence-electron chi connectivity index (χ2n) is 3.73. The number of piperidine rings is 1. The average molecular weight is 227 g/mol. The van der Waals surface area contributed by atoms with Crippen LogP contribution in [-0.2, 0) is 4.79 Å². The van der Waals surface area contributed by atoms with E-state index in [9.17, 15) is 4.79 Å². The predicted molar refractivity (Wildman–Crippen MR) is 56.5 cm³/mol. The van der Waals surface area contributed by atoms with Crippen LogP contribution < -0.4 is 10.6 Å². The highest BCUT2D eigenvalue weighted by atomic mass is 32.1. The van der Waals surface area contributed by atoms with Crippen LogP contribution in [0, 0.1) is 5.92 Å². The van der Waals surface area contributed by atoms with Gasteiger partial charge in [0.1, 0.15) is 0 Å². The van der Waals surface area contributed by atoms with Crippen molar-refractivity contribution < 1.29 is 4.79 Å². The SMILES string of the molecule is CC1CC(C(=O)Nc2nnns2)CCN1. The van der Waals surface area contributed by atoms with Crippen molar-refractivity contribution in [1.82, 2.24) is 20.1 Å². The van der Waals surface area contributed by atoms with Crippen LogP contribution in [0.3, 0.4) is 0 Å². The first kappa shape index (κ1) is 10.4. The van der Waals surface area contributed by atoms with E-state index in [4.69, 9.17) is 0 Å². The average Bonchev–Trinajstić information content (AvgIpc) is 2.70. The smallest absolute Gasteiger partial charge is 0.231 e. The van der Waals surface area contributed by atoms with Gasteiger partial charge in [-0.15, -0.1) is 0 Å². The van der Waals surface area contributed by atoms with Gasteiger partial charge in [0.05, 0.1) is 0 Å². The molecule has 6 nitrogen and oxygen atoms in total. The van der Waals surface area contributed by atoms with Crippen molar-refractivity contribution in [3.63, 3.8) is 0 Å². The van der Waals surface area contributed by atoms with Gasteiger partial charge >= 0.3 is 0 Å². The van der Waals surface area contributed by atoms with Gasteiger partial charge in [-0.1, -0.05) is 9.59 Å². The predicted octanol–water partition coefficient (Wildman–Crippen LogP) is 0.260. The lowest BCUT2D eigenvalue weighted by molar-refractivity contribution is -0.120. The second-order valence-corrected chi connectivity index (χ2v) is 4.47. The summed E-state index contributed by atoms with van der Waals surface area (Å²) in [6.07, 6.45) is 1.75. The third kappa shape index (κ3) is 2.69. The van der Waals surface area contributed by atoms with Crippen LogP contribution >= 0.6 is 11.5 Å². The molecule has 7 heteroatoms. The van der Waals surface area contributed by atoms with Crippen molar-refractivity contribution in [3.8, 4) is 0 Å². The highest BCUT2D eigenvalue weighted by Gasteiger charge is 2.25. The van der Waals surface area contributed by atoms with Crippen molar-refractivity contribution in [2.45, 2.75) is 25.8 Å². The number of carbonyl (C=O) groups excluding carboxylic acids is 1. The molecule has 2 unspecified atom stereocenters. The molecule has 82 valence electrons. The standard InChI is InChI=1S/C8H13N5OS/c1-5-4-6(2-3-9-5)7(14)10-8-11-12-13-15-8/h5-6,9H,2-4H2,1H3,(H,10,11,13,14). The zero-order valence-electron chi connectivity index (χ0n) is 8.43. The maximum absolute atomic E-state index is 11.8. The molecule has 0 aromatic carbocycles. The van der Waals surface area contributed by atoms with Gasteiger partial charge in [-0.2, -0.15) is 0 Å². The van der Waals surface area contributed by atoms with Crippen LogP contribution in [-0.4, -0.2) is 33.3 Å². The van der Waals surface area contributed by atoms with Crippen LogP contribution in [0.4, 0.5) is 5.13 Å². The first-order chi connectivity index (χ1) is 7.25. The number of hydrogen-bond acceptors (Lipinski definition) is 6. The van der Waals surface area contributed by atoms with Crippen LogP contribution in [0.1, 0.15) is 19.8 Å². The maximum Gasteiger partial charge on any atom is 0.231 e. The molecule has 1 aromatic rings. The van der Waals surface area contributed by atoms with Gasteiger partial charge in [-0.3, -0.25) is 10.1 Å². The largest absolute Gasteiger partial charge is 0.314 e. The lowest BCUT2D eigenvalue weighted by atomic mass is 9.93. The summed E-state index contributed by atoms with van der Waals surface area (Å²) in [5.74, 6) is 0.104. The maximum atomic E-state index is 11.8. The summed E-state index contributed by atoms with van der Waals surface area (Å²) in [4.78, 5) is 11.8. The molecule has 0 saturated carbocycles. The van der Waals surface area contributed by atoms with E-state index in [1.807, 2.05) is 0 Å². The summed E-state index contributed by atoms with van der Waals surface area (Å²) in [7, 11) is 0. The molecule has 1 amide bonds. The van der Waals surface area contributed by atoms with E-state index in [0.29, 0.717) is 11.2 Å². The third-order valence-corrected chi connectivity index (χ3v) is 3.04. The van der Waals surface area contributed by atoms with E-state index in [2.05, 4.69) is 32.4 Å². The van der Waals surface area contributed by atoms with Crippen molar-refractivity contribution in [3.05, 3.63) is 0 Å². The number of hydrogen-bond donors (Lipinski definition) is 2. The van der Waals surface area contributed by atoms with Crippen LogP contribution in [0.25, 0.3) is 0 Å². The quantitative estimate of drug-likeness (QED) is 0.757. The van der Waals surface area contributed by atoms with E-state index in [1.165, 1.54) is 0 Å². The highest BCUT2D eigenvalue weighted by molar-refractivity contribution is 7.09. The molecule has 2 rings (SSSR count). The molecule has 1 aliphatic heterocycles. The molecular formula is C8H13N5OS. The van der Waals surface area contributed by atoms with E-state index >= 15 is 0 Å². The summed E-state index contributed by atoms with van der Waals surface area (Å²) in [5.41, 5.74) is 0. The van der Waals surface area contributed by atoms with Gasteiger partial charge in [0.15, 0.2) is 0 Å². The molecule has 0 aliphatic carbocycles. The Labute approximate surface area is 91.6 Å². The summed E-state index contributed by atoms with van der Waals surface area (Å²) < 4.78 is 3.59.